The van der Waals surface area contributed by atoms with Crippen molar-refractivity contribution in [3.8, 4) is 0 Å². The molecule has 0 aliphatic carbocycles. The van der Waals surface area contributed by atoms with Crippen LogP contribution in [0.25, 0.3) is 10.9 Å². The van der Waals surface area contributed by atoms with Crippen molar-refractivity contribution in [2.24, 2.45) is 5.73 Å². The topological polar surface area (TPSA) is 38.9 Å². The lowest BCUT2D eigenvalue weighted by atomic mass is 9.98. The van der Waals surface area contributed by atoms with Crippen LogP contribution in [0.3, 0.4) is 0 Å². The van der Waals surface area contributed by atoms with Gasteiger partial charge in [-0.1, -0.05) is 24.3 Å². The molecule has 2 aromatic rings. The molecule has 2 N–H and O–H groups in total. The number of aryl methyl sites for hydroxylation is 1. The second-order valence-electron chi connectivity index (χ2n) is 4.98. The molecule has 1 aromatic carbocycles. The van der Waals surface area contributed by atoms with Gasteiger partial charge in [0.1, 0.15) is 0 Å². The van der Waals surface area contributed by atoms with Gasteiger partial charge in [0.25, 0.3) is 0 Å². The summed E-state index contributed by atoms with van der Waals surface area (Å²) in [6.07, 6.45) is 1.90. The first-order chi connectivity index (χ1) is 7.54. The first kappa shape index (κ1) is 11.1. The van der Waals surface area contributed by atoms with Crippen LogP contribution < -0.4 is 5.73 Å². The standard InChI is InChI=1S/C14H18N2/c1-14(2,15)10-9-12-8-7-11-5-3-4-6-13(11)16-12/h3-8H,9-10,15H2,1-2H3. The molecular formula is C14H18N2. The fourth-order valence-corrected chi connectivity index (χ4v) is 1.70. The Bertz CT molecular complexity index is 483. The number of nitrogens with zero attached hydrogens (tertiary/aromatic N) is 1. The highest BCUT2D eigenvalue weighted by molar-refractivity contribution is 5.78. The van der Waals surface area contributed by atoms with E-state index in [4.69, 9.17) is 5.73 Å². The summed E-state index contributed by atoms with van der Waals surface area (Å²) in [5.41, 5.74) is 8.04. The van der Waals surface area contributed by atoms with E-state index in [1.165, 1.54) is 5.39 Å². The van der Waals surface area contributed by atoms with Crippen LogP contribution in [0.15, 0.2) is 36.4 Å². The minimum absolute atomic E-state index is 0.118. The van der Waals surface area contributed by atoms with E-state index >= 15 is 0 Å². The molecule has 16 heavy (non-hydrogen) atoms. The predicted octanol–water partition coefficient (Wildman–Crippen LogP) is 2.90. The fraction of sp³-hybridized carbons (Fsp3) is 0.357. The van der Waals surface area contributed by atoms with E-state index in [9.17, 15) is 0 Å². The third-order valence-corrected chi connectivity index (χ3v) is 2.68. The van der Waals surface area contributed by atoms with Gasteiger partial charge in [0.05, 0.1) is 5.52 Å². The average Bonchev–Trinajstić information content (AvgIpc) is 2.25. The van der Waals surface area contributed by atoms with Crippen molar-refractivity contribution in [1.82, 2.24) is 4.98 Å². The summed E-state index contributed by atoms with van der Waals surface area (Å²) in [6.45, 7) is 4.10. The van der Waals surface area contributed by atoms with Crippen molar-refractivity contribution in [3.05, 3.63) is 42.1 Å². The van der Waals surface area contributed by atoms with Crippen molar-refractivity contribution in [1.29, 1.82) is 0 Å². The smallest absolute Gasteiger partial charge is 0.0705 e. The first-order valence-electron chi connectivity index (χ1n) is 5.68. The summed E-state index contributed by atoms with van der Waals surface area (Å²) in [4.78, 5) is 4.62. The molecule has 0 spiro atoms. The number of hydrogen-bond acceptors (Lipinski definition) is 2. The molecule has 0 radical (unpaired) electrons. The molecule has 0 saturated heterocycles. The van der Waals surface area contributed by atoms with Crippen LogP contribution in [0.4, 0.5) is 0 Å². The zero-order chi connectivity index (χ0) is 11.6. The summed E-state index contributed by atoms with van der Waals surface area (Å²) < 4.78 is 0. The van der Waals surface area contributed by atoms with Crippen LogP contribution >= 0.6 is 0 Å². The fourth-order valence-electron chi connectivity index (χ4n) is 1.70. The quantitative estimate of drug-likeness (QED) is 0.853. The zero-order valence-corrected chi connectivity index (χ0v) is 9.90. The van der Waals surface area contributed by atoms with Gasteiger partial charge < -0.3 is 5.73 Å². The second kappa shape index (κ2) is 4.22. The lowest BCUT2D eigenvalue weighted by Gasteiger charge is -2.17. The number of nitrogens with two attached hydrogens (primary N) is 1. The summed E-state index contributed by atoms with van der Waals surface area (Å²) in [7, 11) is 0. The largest absolute Gasteiger partial charge is 0.326 e. The van der Waals surface area contributed by atoms with Gasteiger partial charge in [0.2, 0.25) is 0 Å². The molecule has 0 fully saturated rings. The van der Waals surface area contributed by atoms with Crippen LogP contribution in [0, 0.1) is 0 Å². The predicted molar refractivity (Wildman–Crippen MR) is 68.3 cm³/mol. The Morgan fingerprint density at radius 1 is 1.12 bits per heavy atom. The highest BCUT2D eigenvalue weighted by Gasteiger charge is 2.10. The van der Waals surface area contributed by atoms with Crippen LogP contribution in [0.5, 0.6) is 0 Å². The molecule has 0 aliphatic rings. The van der Waals surface area contributed by atoms with E-state index in [-0.39, 0.29) is 5.54 Å². The molecule has 0 atom stereocenters. The molecule has 2 heteroatoms. The summed E-state index contributed by atoms with van der Waals surface area (Å²) in [6, 6.07) is 12.4. The second-order valence-corrected chi connectivity index (χ2v) is 4.98. The maximum Gasteiger partial charge on any atom is 0.0705 e. The molecule has 1 heterocycles. The Labute approximate surface area is 96.5 Å². The number of para-hydroxylation sites is 1. The highest BCUT2D eigenvalue weighted by Crippen LogP contribution is 2.14. The number of hydrogen-bond donors (Lipinski definition) is 1. The summed E-state index contributed by atoms with van der Waals surface area (Å²) in [5.74, 6) is 0. The average molecular weight is 214 g/mol. The molecule has 84 valence electrons. The SMILES string of the molecule is CC(C)(N)CCc1ccc2ccccc2n1. The van der Waals surface area contributed by atoms with Crippen molar-refractivity contribution in [2.45, 2.75) is 32.2 Å². The van der Waals surface area contributed by atoms with E-state index in [0.717, 1.165) is 24.1 Å². The number of rotatable bonds is 3. The van der Waals surface area contributed by atoms with Gasteiger partial charge >= 0.3 is 0 Å². The van der Waals surface area contributed by atoms with E-state index in [1.807, 2.05) is 32.0 Å². The maximum absolute atomic E-state index is 5.97. The van der Waals surface area contributed by atoms with Crippen LogP contribution in [0.1, 0.15) is 26.0 Å². The molecule has 0 unspecified atom stereocenters. The molecular weight excluding hydrogens is 196 g/mol. The Morgan fingerprint density at radius 2 is 1.88 bits per heavy atom. The van der Waals surface area contributed by atoms with Gasteiger partial charge in [0.15, 0.2) is 0 Å². The maximum atomic E-state index is 5.97. The van der Waals surface area contributed by atoms with E-state index in [1.54, 1.807) is 0 Å². The third-order valence-electron chi connectivity index (χ3n) is 2.68. The molecule has 2 nitrogen and oxygen atoms in total. The monoisotopic (exact) mass is 214 g/mol. The van der Waals surface area contributed by atoms with Crippen LogP contribution in [-0.2, 0) is 6.42 Å². The third kappa shape index (κ3) is 2.80. The Morgan fingerprint density at radius 3 is 2.62 bits per heavy atom. The lowest BCUT2D eigenvalue weighted by molar-refractivity contribution is 0.474. The van der Waals surface area contributed by atoms with Gasteiger partial charge in [-0.3, -0.25) is 4.98 Å². The lowest BCUT2D eigenvalue weighted by Crippen LogP contribution is -2.32. The minimum atomic E-state index is -0.118. The number of benzene rings is 1. The van der Waals surface area contributed by atoms with Gasteiger partial charge in [-0.15, -0.1) is 0 Å². The Hall–Kier alpha value is -1.41. The van der Waals surface area contributed by atoms with Crippen LogP contribution in [0.2, 0.25) is 0 Å². The van der Waals surface area contributed by atoms with E-state index in [0.29, 0.717) is 0 Å². The molecule has 0 aliphatic heterocycles. The number of aromatic nitrogens is 1. The van der Waals surface area contributed by atoms with E-state index in [2.05, 4.69) is 23.2 Å². The normalized spacial score (nSPS) is 11.9. The Balaban J connectivity index is 2.20. The van der Waals surface area contributed by atoms with E-state index < -0.39 is 0 Å². The van der Waals surface area contributed by atoms with Gasteiger partial charge in [-0.05, 0) is 38.8 Å². The van der Waals surface area contributed by atoms with Crippen molar-refractivity contribution < 1.29 is 0 Å². The van der Waals surface area contributed by atoms with Crippen molar-refractivity contribution in [3.63, 3.8) is 0 Å². The summed E-state index contributed by atoms with van der Waals surface area (Å²) in [5, 5.41) is 1.19. The van der Waals surface area contributed by atoms with Crippen molar-refractivity contribution in [2.75, 3.05) is 0 Å². The molecule has 0 bridgehead atoms. The molecule has 1 aromatic heterocycles. The zero-order valence-electron chi connectivity index (χ0n) is 9.90. The molecule has 0 amide bonds. The minimum Gasteiger partial charge on any atom is -0.326 e. The first-order valence-corrected chi connectivity index (χ1v) is 5.68. The number of fused-ring (bicyclic) bond motifs is 1. The summed E-state index contributed by atoms with van der Waals surface area (Å²) >= 11 is 0. The van der Waals surface area contributed by atoms with Gasteiger partial charge in [-0.25, -0.2) is 0 Å². The number of pyridine rings is 1. The van der Waals surface area contributed by atoms with Gasteiger partial charge in [0, 0.05) is 16.6 Å². The van der Waals surface area contributed by atoms with Gasteiger partial charge in [-0.2, -0.15) is 0 Å². The van der Waals surface area contributed by atoms with Crippen molar-refractivity contribution >= 4 is 10.9 Å². The van der Waals surface area contributed by atoms with Crippen LogP contribution in [-0.4, -0.2) is 10.5 Å². The molecule has 0 saturated carbocycles. The Kier molecular flexibility index (Phi) is 2.92. The highest BCUT2D eigenvalue weighted by atomic mass is 14.7. The molecule has 2 rings (SSSR count).